The molecule has 4 heteroatoms. The van der Waals surface area contributed by atoms with Gasteiger partial charge in [-0.1, -0.05) is 26.7 Å². The number of nitrogens with zero attached hydrogens (tertiary/aromatic N) is 1. The molecule has 0 aromatic carbocycles. The third-order valence-corrected chi connectivity index (χ3v) is 4.22. The maximum atomic E-state index is 12.5. The molecule has 0 unspecified atom stereocenters. The van der Waals surface area contributed by atoms with Crippen molar-refractivity contribution >= 4 is 5.91 Å². The maximum absolute atomic E-state index is 12.5. The Morgan fingerprint density at radius 2 is 1.63 bits per heavy atom. The molecule has 0 bridgehead atoms. The van der Waals surface area contributed by atoms with Gasteiger partial charge < -0.3 is 16.0 Å². The highest BCUT2D eigenvalue weighted by atomic mass is 16.2. The Morgan fingerprint density at radius 1 is 1.16 bits per heavy atom. The lowest BCUT2D eigenvalue weighted by atomic mass is 9.78. The number of hydrogen-bond acceptors (Lipinski definition) is 3. The van der Waals surface area contributed by atoms with E-state index in [2.05, 4.69) is 37.9 Å². The first-order valence-corrected chi connectivity index (χ1v) is 7.41. The average Bonchev–Trinajstić information content (AvgIpc) is 2.35. The van der Waals surface area contributed by atoms with E-state index in [1.807, 2.05) is 14.1 Å². The summed E-state index contributed by atoms with van der Waals surface area (Å²) in [6.07, 6.45) is 3.71. The first kappa shape index (κ1) is 18.4. The molecule has 0 saturated carbocycles. The van der Waals surface area contributed by atoms with Gasteiger partial charge in [-0.2, -0.15) is 0 Å². The van der Waals surface area contributed by atoms with Crippen LogP contribution in [0.5, 0.6) is 0 Å². The van der Waals surface area contributed by atoms with Crippen LogP contribution in [0.4, 0.5) is 0 Å². The molecule has 0 aliphatic carbocycles. The Balaban J connectivity index is 4.74. The minimum Gasteiger partial charge on any atom is -0.354 e. The van der Waals surface area contributed by atoms with Gasteiger partial charge in [-0.25, -0.2) is 0 Å². The minimum atomic E-state index is -0.383. The lowest BCUT2D eigenvalue weighted by Crippen LogP contribution is -2.53. The van der Waals surface area contributed by atoms with Crippen molar-refractivity contribution in [3.8, 4) is 0 Å². The molecule has 0 aromatic heterocycles. The molecule has 114 valence electrons. The molecule has 3 N–H and O–H groups in total. The lowest BCUT2D eigenvalue weighted by molar-refractivity contribution is -0.132. The van der Waals surface area contributed by atoms with Crippen molar-refractivity contribution in [2.75, 3.05) is 27.2 Å². The Kier molecular flexibility index (Phi) is 7.60. The van der Waals surface area contributed by atoms with Crippen molar-refractivity contribution in [3.05, 3.63) is 0 Å². The standard InChI is InChI=1S/C15H33N3O/c1-7-9-15(11-16,10-8-2)13(19)17-12-14(3,4)18(5)6/h7-12,16H2,1-6H3,(H,17,19). The number of carbonyl (C=O) groups is 1. The molecular formula is C15H33N3O. The van der Waals surface area contributed by atoms with Gasteiger partial charge in [0.1, 0.15) is 0 Å². The summed E-state index contributed by atoms with van der Waals surface area (Å²) >= 11 is 0. The summed E-state index contributed by atoms with van der Waals surface area (Å²) in [7, 11) is 4.06. The first-order chi connectivity index (χ1) is 8.75. The van der Waals surface area contributed by atoms with Crippen molar-refractivity contribution in [2.45, 2.75) is 58.9 Å². The normalized spacial score (nSPS) is 12.8. The number of rotatable bonds is 9. The van der Waals surface area contributed by atoms with Gasteiger partial charge in [0.25, 0.3) is 0 Å². The molecule has 0 aliphatic heterocycles. The van der Waals surface area contributed by atoms with Gasteiger partial charge in [0.2, 0.25) is 5.91 Å². The molecule has 0 aromatic rings. The van der Waals surface area contributed by atoms with E-state index in [9.17, 15) is 4.79 Å². The molecule has 0 spiro atoms. The Morgan fingerprint density at radius 3 is 1.95 bits per heavy atom. The molecule has 0 rings (SSSR count). The topological polar surface area (TPSA) is 58.4 Å². The van der Waals surface area contributed by atoms with Crippen LogP contribution in [-0.4, -0.2) is 43.5 Å². The predicted molar refractivity (Wildman–Crippen MR) is 82.1 cm³/mol. The van der Waals surface area contributed by atoms with Crippen molar-refractivity contribution in [3.63, 3.8) is 0 Å². The summed E-state index contributed by atoms with van der Waals surface area (Å²) in [5.74, 6) is 0.119. The summed E-state index contributed by atoms with van der Waals surface area (Å²) in [5.41, 5.74) is 5.48. The van der Waals surface area contributed by atoms with Crippen molar-refractivity contribution in [1.29, 1.82) is 0 Å². The van der Waals surface area contributed by atoms with Gasteiger partial charge in [-0.05, 0) is 40.8 Å². The van der Waals surface area contributed by atoms with Crippen LogP contribution >= 0.6 is 0 Å². The molecule has 19 heavy (non-hydrogen) atoms. The van der Waals surface area contributed by atoms with Crippen LogP contribution in [-0.2, 0) is 4.79 Å². The van der Waals surface area contributed by atoms with E-state index < -0.39 is 0 Å². The molecule has 1 amide bonds. The van der Waals surface area contributed by atoms with E-state index in [-0.39, 0.29) is 16.9 Å². The summed E-state index contributed by atoms with van der Waals surface area (Å²) in [5, 5.41) is 3.11. The second kappa shape index (κ2) is 7.85. The van der Waals surface area contributed by atoms with Crippen LogP contribution in [0.15, 0.2) is 0 Å². The van der Waals surface area contributed by atoms with Crippen LogP contribution in [0, 0.1) is 5.41 Å². The summed E-state index contributed by atoms with van der Waals surface area (Å²) < 4.78 is 0. The van der Waals surface area contributed by atoms with E-state index in [1.165, 1.54) is 0 Å². The molecule has 0 saturated heterocycles. The van der Waals surface area contributed by atoms with Gasteiger partial charge in [0.05, 0.1) is 5.41 Å². The molecule has 0 fully saturated rings. The van der Waals surface area contributed by atoms with Crippen LogP contribution in [0.25, 0.3) is 0 Å². The third-order valence-electron chi connectivity index (χ3n) is 4.22. The van der Waals surface area contributed by atoms with E-state index in [1.54, 1.807) is 0 Å². The number of carbonyl (C=O) groups excluding carboxylic acids is 1. The van der Waals surface area contributed by atoms with Crippen molar-refractivity contribution < 1.29 is 4.79 Å². The zero-order chi connectivity index (χ0) is 15.1. The molecule has 0 heterocycles. The highest BCUT2D eigenvalue weighted by molar-refractivity contribution is 5.83. The van der Waals surface area contributed by atoms with Crippen LogP contribution in [0.3, 0.4) is 0 Å². The number of amides is 1. The van der Waals surface area contributed by atoms with Gasteiger partial charge in [0.15, 0.2) is 0 Å². The van der Waals surface area contributed by atoms with E-state index in [0.29, 0.717) is 13.1 Å². The van der Waals surface area contributed by atoms with E-state index in [4.69, 9.17) is 5.73 Å². The quantitative estimate of drug-likeness (QED) is 0.674. The highest BCUT2D eigenvalue weighted by Gasteiger charge is 2.36. The second-order valence-electron chi connectivity index (χ2n) is 6.37. The predicted octanol–water partition coefficient (Wildman–Crippen LogP) is 1.99. The zero-order valence-corrected chi connectivity index (χ0v) is 13.7. The summed E-state index contributed by atoms with van der Waals surface area (Å²) in [4.78, 5) is 14.7. The Bertz CT molecular complexity index is 269. The smallest absolute Gasteiger partial charge is 0.227 e. The van der Waals surface area contributed by atoms with Gasteiger partial charge in [0, 0.05) is 18.6 Å². The average molecular weight is 271 g/mol. The van der Waals surface area contributed by atoms with Crippen LogP contribution in [0.2, 0.25) is 0 Å². The van der Waals surface area contributed by atoms with Gasteiger partial charge in [-0.15, -0.1) is 0 Å². The summed E-state index contributed by atoms with van der Waals surface area (Å²) in [6, 6.07) is 0. The number of hydrogen-bond donors (Lipinski definition) is 2. The van der Waals surface area contributed by atoms with Gasteiger partial charge >= 0.3 is 0 Å². The fraction of sp³-hybridized carbons (Fsp3) is 0.933. The molecule has 4 nitrogen and oxygen atoms in total. The fourth-order valence-corrected chi connectivity index (χ4v) is 2.25. The number of nitrogens with two attached hydrogens (primary N) is 1. The SMILES string of the molecule is CCCC(CN)(CCC)C(=O)NCC(C)(C)N(C)C. The monoisotopic (exact) mass is 271 g/mol. The third kappa shape index (κ3) is 5.11. The second-order valence-corrected chi connectivity index (χ2v) is 6.37. The van der Waals surface area contributed by atoms with Gasteiger partial charge in [-0.3, -0.25) is 4.79 Å². The number of likely N-dealkylation sites (N-methyl/N-ethyl adjacent to an activating group) is 1. The minimum absolute atomic E-state index is 0.0472. The molecule has 0 aliphatic rings. The largest absolute Gasteiger partial charge is 0.354 e. The highest BCUT2D eigenvalue weighted by Crippen LogP contribution is 2.29. The van der Waals surface area contributed by atoms with Crippen LogP contribution in [0.1, 0.15) is 53.4 Å². The maximum Gasteiger partial charge on any atom is 0.227 e. The number of nitrogens with one attached hydrogen (secondary N) is 1. The first-order valence-electron chi connectivity index (χ1n) is 7.41. The molecule has 0 radical (unpaired) electrons. The molecular weight excluding hydrogens is 238 g/mol. The van der Waals surface area contributed by atoms with E-state index >= 15 is 0 Å². The Hall–Kier alpha value is -0.610. The zero-order valence-electron chi connectivity index (χ0n) is 13.7. The Labute approximate surface area is 119 Å². The lowest BCUT2D eigenvalue weighted by Gasteiger charge is -2.36. The fourth-order valence-electron chi connectivity index (χ4n) is 2.25. The van der Waals surface area contributed by atoms with Crippen molar-refractivity contribution in [2.24, 2.45) is 11.1 Å². The summed E-state index contributed by atoms with van der Waals surface area (Å²) in [6.45, 7) is 9.54. The van der Waals surface area contributed by atoms with E-state index in [0.717, 1.165) is 25.7 Å². The van der Waals surface area contributed by atoms with Crippen LogP contribution < -0.4 is 11.1 Å². The van der Waals surface area contributed by atoms with Crippen molar-refractivity contribution in [1.82, 2.24) is 10.2 Å². The molecule has 0 atom stereocenters.